The van der Waals surface area contributed by atoms with E-state index in [2.05, 4.69) is 5.10 Å². The molecule has 0 saturated carbocycles. The highest BCUT2D eigenvalue weighted by molar-refractivity contribution is 5.85. The lowest BCUT2D eigenvalue weighted by Gasteiger charge is -2.07. The molecule has 0 radical (unpaired) electrons. The zero-order valence-electron chi connectivity index (χ0n) is 9.40. The van der Waals surface area contributed by atoms with Gasteiger partial charge in [0, 0.05) is 18.8 Å². The zero-order valence-corrected chi connectivity index (χ0v) is 9.40. The molecule has 0 amide bonds. The molecule has 0 fully saturated rings. The van der Waals surface area contributed by atoms with Gasteiger partial charge in [0.15, 0.2) is 6.29 Å². The van der Waals surface area contributed by atoms with Gasteiger partial charge in [-0.1, -0.05) is 12.1 Å². The summed E-state index contributed by atoms with van der Waals surface area (Å²) in [4.78, 5) is 10.8. The van der Waals surface area contributed by atoms with Crippen LogP contribution in [0.3, 0.4) is 0 Å². The predicted molar refractivity (Wildman–Crippen MR) is 59.0 cm³/mol. The van der Waals surface area contributed by atoms with Gasteiger partial charge in [-0.05, 0) is 17.7 Å². The van der Waals surface area contributed by atoms with Crippen molar-refractivity contribution in [3.63, 3.8) is 0 Å². The summed E-state index contributed by atoms with van der Waals surface area (Å²) in [5, 5.41) is 3.86. The first-order chi connectivity index (χ1) is 8.41. The van der Waals surface area contributed by atoms with Crippen LogP contribution < -0.4 is 0 Å². The summed E-state index contributed by atoms with van der Waals surface area (Å²) in [6, 6.07) is 4.81. The SMILES string of the molecule is Cn1cc(-c2cccc(C(F)(F)F)c2)c(C=O)n1. The van der Waals surface area contributed by atoms with Crippen LogP contribution in [0.1, 0.15) is 16.1 Å². The van der Waals surface area contributed by atoms with Crippen LogP contribution in [-0.2, 0) is 13.2 Å². The lowest BCUT2D eigenvalue weighted by atomic mass is 10.0. The van der Waals surface area contributed by atoms with Gasteiger partial charge in [0.1, 0.15) is 5.69 Å². The number of halogens is 3. The summed E-state index contributed by atoms with van der Waals surface area (Å²) in [7, 11) is 1.60. The van der Waals surface area contributed by atoms with Gasteiger partial charge >= 0.3 is 6.18 Å². The van der Waals surface area contributed by atoms with Crippen molar-refractivity contribution in [2.24, 2.45) is 7.05 Å². The molecule has 0 bridgehead atoms. The Morgan fingerprint density at radius 1 is 1.33 bits per heavy atom. The van der Waals surface area contributed by atoms with E-state index in [9.17, 15) is 18.0 Å². The minimum absolute atomic E-state index is 0.122. The van der Waals surface area contributed by atoms with Crippen LogP contribution in [0, 0.1) is 0 Å². The van der Waals surface area contributed by atoms with Crippen LogP contribution in [0.15, 0.2) is 30.5 Å². The van der Waals surface area contributed by atoms with Crippen molar-refractivity contribution in [1.29, 1.82) is 0 Å². The third-order valence-corrected chi connectivity index (χ3v) is 2.47. The van der Waals surface area contributed by atoms with E-state index in [0.717, 1.165) is 12.1 Å². The van der Waals surface area contributed by atoms with Crippen molar-refractivity contribution in [1.82, 2.24) is 9.78 Å². The largest absolute Gasteiger partial charge is 0.416 e. The Bertz CT molecular complexity index is 587. The van der Waals surface area contributed by atoms with E-state index in [4.69, 9.17) is 0 Å². The van der Waals surface area contributed by atoms with Crippen molar-refractivity contribution < 1.29 is 18.0 Å². The minimum atomic E-state index is -4.40. The van der Waals surface area contributed by atoms with E-state index >= 15 is 0 Å². The van der Waals surface area contributed by atoms with Gasteiger partial charge in [-0.25, -0.2) is 0 Å². The topological polar surface area (TPSA) is 34.9 Å². The molecule has 0 aliphatic heterocycles. The average molecular weight is 254 g/mol. The number of alkyl halides is 3. The fourth-order valence-corrected chi connectivity index (χ4v) is 1.68. The molecular weight excluding hydrogens is 245 g/mol. The number of hydrogen-bond donors (Lipinski definition) is 0. The summed E-state index contributed by atoms with van der Waals surface area (Å²) in [6.07, 6.45) is -2.37. The molecule has 6 heteroatoms. The van der Waals surface area contributed by atoms with E-state index in [-0.39, 0.29) is 5.69 Å². The summed E-state index contributed by atoms with van der Waals surface area (Å²) in [5.41, 5.74) is 0.0798. The second-order valence-electron chi connectivity index (χ2n) is 3.80. The van der Waals surface area contributed by atoms with Crippen LogP contribution in [0.5, 0.6) is 0 Å². The Balaban J connectivity index is 2.54. The van der Waals surface area contributed by atoms with E-state index in [0.29, 0.717) is 17.4 Å². The predicted octanol–water partition coefficient (Wildman–Crippen LogP) is 2.92. The quantitative estimate of drug-likeness (QED) is 0.772. The van der Waals surface area contributed by atoms with Gasteiger partial charge in [0.2, 0.25) is 0 Å². The van der Waals surface area contributed by atoms with Crippen LogP contribution in [0.2, 0.25) is 0 Å². The molecule has 2 aromatic rings. The number of rotatable bonds is 2. The van der Waals surface area contributed by atoms with E-state index in [1.54, 1.807) is 7.05 Å². The fourth-order valence-electron chi connectivity index (χ4n) is 1.68. The Morgan fingerprint density at radius 2 is 2.06 bits per heavy atom. The molecule has 0 aliphatic carbocycles. The lowest BCUT2D eigenvalue weighted by Crippen LogP contribution is -2.04. The van der Waals surface area contributed by atoms with Crippen molar-refractivity contribution >= 4 is 6.29 Å². The third-order valence-electron chi connectivity index (χ3n) is 2.47. The monoisotopic (exact) mass is 254 g/mol. The van der Waals surface area contributed by atoms with Crippen molar-refractivity contribution in [2.45, 2.75) is 6.18 Å². The molecule has 1 aromatic carbocycles. The summed E-state index contributed by atoms with van der Waals surface area (Å²) in [5.74, 6) is 0. The zero-order chi connectivity index (χ0) is 13.3. The van der Waals surface area contributed by atoms with Gasteiger partial charge in [0.25, 0.3) is 0 Å². The minimum Gasteiger partial charge on any atom is -0.296 e. The van der Waals surface area contributed by atoms with Crippen molar-refractivity contribution in [3.8, 4) is 11.1 Å². The lowest BCUT2D eigenvalue weighted by molar-refractivity contribution is -0.137. The number of benzene rings is 1. The summed E-state index contributed by atoms with van der Waals surface area (Å²) in [6.45, 7) is 0. The van der Waals surface area contributed by atoms with Gasteiger partial charge in [-0.2, -0.15) is 18.3 Å². The molecule has 0 saturated heterocycles. The molecule has 2 rings (SSSR count). The Labute approximate surface area is 101 Å². The summed E-state index contributed by atoms with van der Waals surface area (Å²) >= 11 is 0. The average Bonchev–Trinajstić information content (AvgIpc) is 2.69. The molecule has 0 aliphatic rings. The van der Waals surface area contributed by atoms with Gasteiger partial charge < -0.3 is 0 Å². The Morgan fingerprint density at radius 3 is 2.67 bits per heavy atom. The first-order valence-electron chi connectivity index (χ1n) is 5.08. The second-order valence-corrected chi connectivity index (χ2v) is 3.80. The van der Waals surface area contributed by atoms with Crippen molar-refractivity contribution in [3.05, 3.63) is 41.7 Å². The van der Waals surface area contributed by atoms with Crippen LogP contribution >= 0.6 is 0 Å². The molecule has 18 heavy (non-hydrogen) atoms. The van der Waals surface area contributed by atoms with Gasteiger partial charge in [-0.15, -0.1) is 0 Å². The number of aromatic nitrogens is 2. The number of aldehydes is 1. The molecule has 94 valence electrons. The number of nitrogens with zero attached hydrogens (tertiary/aromatic N) is 2. The first-order valence-corrected chi connectivity index (χ1v) is 5.08. The molecule has 0 N–H and O–H groups in total. The first kappa shape index (κ1) is 12.3. The number of hydrogen-bond acceptors (Lipinski definition) is 2. The van der Waals surface area contributed by atoms with E-state index < -0.39 is 11.7 Å². The number of carbonyl (C=O) groups is 1. The van der Waals surface area contributed by atoms with Crippen LogP contribution in [0.25, 0.3) is 11.1 Å². The second kappa shape index (κ2) is 4.29. The fraction of sp³-hybridized carbons (Fsp3) is 0.167. The highest BCUT2D eigenvalue weighted by Gasteiger charge is 2.30. The molecule has 0 atom stereocenters. The molecular formula is C12H9F3N2O. The standard InChI is InChI=1S/C12H9F3N2O/c1-17-6-10(11(7-18)16-17)8-3-2-4-9(5-8)12(13,14)15/h2-7H,1H3. The van der Waals surface area contributed by atoms with Crippen LogP contribution in [-0.4, -0.2) is 16.1 Å². The molecule has 0 unspecified atom stereocenters. The van der Waals surface area contributed by atoms with Gasteiger partial charge in [-0.3, -0.25) is 9.48 Å². The third kappa shape index (κ3) is 2.27. The molecule has 3 nitrogen and oxygen atoms in total. The molecule has 0 spiro atoms. The van der Waals surface area contributed by atoms with Crippen molar-refractivity contribution in [2.75, 3.05) is 0 Å². The normalized spacial score (nSPS) is 11.6. The highest BCUT2D eigenvalue weighted by Crippen LogP contribution is 2.32. The number of carbonyl (C=O) groups excluding carboxylic acids is 1. The maximum Gasteiger partial charge on any atom is 0.416 e. The Hall–Kier alpha value is -2.11. The molecule has 1 heterocycles. The smallest absolute Gasteiger partial charge is 0.296 e. The maximum atomic E-state index is 12.6. The number of aryl methyl sites for hydroxylation is 1. The highest BCUT2D eigenvalue weighted by atomic mass is 19.4. The Kier molecular flexibility index (Phi) is 2.94. The van der Waals surface area contributed by atoms with Crippen LogP contribution in [0.4, 0.5) is 13.2 Å². The maximum absolute atomic E-state index is 12.6. The summed E-state index contributed by atoms with van der Waals surface area (Å²) < 4.78 is 39.1. The van der Waals surface area contributed by atoms with E-state index in [1.165, 1.54) is 23.0 Å². The molecule has 1 aromatic heterocycles. The van der Waals surface area contributed by atoms with Gasteiger partial charge in [0.05, 0.1) is 5.56 Å². The van der Waals surface area contributed by atoms with E-state index in [1.807, 2.05) is 0 Å².